The fourth-order valence-corrected chi connectivity index (χ4v) is 3.44. The van der Waals surface area contributed by atoms with Crippen LogP contribution < -0.4 is 5.32 Å². The first-order valence-corrected chi connectivity index (χ1v) is 9.03. The lowest BCUT2D eigenvalue weighted by atomic mass is 10.0. The average Bonchev–Trinajstić information content (AvgIpc) is 2.65. The fourth-order valence-electron chi connectivity index (χ4n) is 3.25. The summed E-state index contributed by atoms with van der Waals surface area (Å²) in [6, 6.07) is 14.5. The van der Waals surface area contributed by atoms with Crippen LogP contribution in [0.4, 0.5) is 11.4 Å². The van der Waals surface area contributed by atoms with Crippen molar-refractivity contribution in [3.05, 3.63) is 69.2 Å². The minimum Gasteiger partial charge on any atom is -0.325 e. The molecule has 3 rings (SSSR count). The molecule has 2 aromatic rings. The van der Waals surface area contributed by atoms with Crippen LogP contribution >= 0.6 is 11.6 Å². The highest BCUT2D eigenvalue weighted by Crippen LogP contribution is 2.28. The number of rotatable bonds is 5. The van der Waals surface area contributed by atoms with Crippen molar-refractivity contribution >= 4 is 28.9 Å². The molecule has 0 saturated carbocycles. The number of carbonyl (C=O) groups excluding carboxylic acids is 1. The van der Waals surface area contributed by atoms with Gasteiger partial charge in [0.15, 0.2) is 0 Å². The van der Waals surface area contributed by atoms with Crippen LogP contribution in [-0.4, -0.2) is 53.9 Å². The highest BCUT2D eigenvalue weighted by atomic mass is 35.5. The molecule has 1 aliphatic heterocycles. The summed E-state index contributed by atoms with van der Waals surface area (Å²) in [6.45, 7) is 2.70. The average molecular weight is 389 g/mol. The molecule has 0 radical (unpaired) electrons. The SMILES string of the molecule is CN1CCN(CC(=O)Nc2ccc(Cl)c([N+](=O)[O-])c2)C(c2ccccc2)C1. The van der Waals surface area contributed by atoms with Gasteiger partial charge in [0.1, 0.15) is 5.02 Å². The molecule has 27 heavy (non-hydrogen) atoms. The van der Waals surface area contributed by atoms with E-state index in [9.17, 15) is 14.9 Å². The maximum Gasteiger partial charge on any atom is 0.289 e. The van der Waals surface area contributed by atoms with Crippen LogP contribution in [0.1, 0.15) is 11.6 Å². The number of carbonyl (C=O) groups is 1. The quantitative estimate of drug-likeness (QED) is 0.628. The normalized spacial score (nSPS) is 18.2. The van der Waals surface area contributed by atoms with Crippen molar-refractivity contribution in [3.63, 3.8) is 0 Å². The van der Waals surface area contributed by atoms with E-state index in [0.29, 0.717) is 5.69 Å². The minimum absolute atomic E-state index is 0.0428. The number of halogens is 1. The lowest BCUT2D eigenvalue weighted by Crippen LogP contribution is -2.49. The van der Waals surface area contributed by atoms with E-state index in [4.69, 9.17) is 11.6 Å². The maximum atomic E-state index is 12.5. The summed E-state index contributed by atoms with van der Waals surface area (Å²) in [6.07, 6.45) is 0. The molecule has 142 valence electrons. The topological polar surface area (TPSA) is 78.7 Å². The van der Waals surface area contributed by atoms with Crippen molar-refractivity contribution in [1.82, 2.24) is 9.80 Å². The zero-order valence-corrected chi connectivity index (χ0v) is 15.7. The summed E-state index contributed by atoms with van der Waals surface area (Å²) < 4.78 is 0. The van der Waals surface area contributed by atoms with E-state index in [2.05, 4.69) is 34.3 Å². The van der Waals surface area contributed by atoms with E-state index in [1.54, 1.807) is 6.07 Å². The summed E-state index contributed by atoms with van der Waals surface area (Å²) in [4.78, 5) is 27.4. The second-order valence-electron chi connectivity index (χ2n) is 6.63. The van der Waals surface area contributed by atoms with E-state index in [1.165, 1.54) is 17.7 Å². The number of amides is 1. The van der Waals surface area contributed by atoms with Crippen molar-refractivity contribution in [2.24, 2.45) is 0 Å². The fraction of sp³-hybridized carbons (Fsp3) is 0.316. The number of nitro groups is 1. The van der Waals surface area contributed by atoms with Crippen molar-refractivity contribution in [1.29, 1.82) is 0 Å². The summed E-state index contributed by atoms with van der Waals surface area (Å²) >= 11 is 5.82. The Morgan fingerprint density at radius 2 is 2.00 bits per heavy atom. The first-order valence-electron chi connectivity index (χ1n) is 8.65. The molecule has 0 bridgehead atoms. The third-order valence-electron chi connectivity index (χ3n) is 4.65. The summed E-state index contributed by atoms with van der Waals surface area (Å²) in [5.41, 5.74) is 1.30. The standard InChI is InChI=1S/C19H21ClN4O3/c1-22-9-10-23(18(12-22)14-5-3-2-4-6-14)13-19(25)21-15-7-8-16(20)17(11-15)24(26)27/h2-8,11,18H,9-10,12-13H2,1H3,(H,21,25). The molecule has 0 aliphatic carbocycles. The number of likely N-dealkylation sites (N-methyl/N-ethyl adjacent to an activating group) is 1. The zero-order valence-electron chi connectivity index (χ0n) is 15.0. The van der Waals surface area contributed by atoms with Gasteiger partial charge in [0.25, 0.3) is 5.69 Å². The number of hydrogen-bond donors (Lipinski definition) is 1. The largest absolute Gasteiger partial charge is 0.325 e. The molecule has 7 nitrogen and oxygen atoms in total. The molecule has 0 aromatic heterocycles. The van der Waals surface area contributed by atoms with Crippen molar-refractivity contribution in [3.8, 4) is 0 Å². The highest BCUT2D eigenvalue weighted by Gasteiger charge is 2.28. The van der Waals surface area contributed by atoms with E-state index in [0.717, 1.165) is 19.6 Å². The summed E-state index contributed by atoms with van der Waals surface area (Å²) in [5.74, 6) is -0.211. The first kappa shape index (κ1) is 19.3. The van der Waals surface area contributed by atoms with Gasteiger partial charge >= 0.3 is 0 Å². The van der Waals surface area contributed by atoms with Gasteiger partial charge in [-0.05, 0) is 24.7 Å². The third-order valence-corrected chi connectivity index (χ3v) is 4.97. The molecule has 1 amide bonds. The van der Waals surface area contributed by atoms with E-state index >= 15 is 0 Å². The zero-order chi connectivity index (χ0) is 19.4. The van der Waals surface area contributed by atoms with Crippen LogP contribution in [0.15, 0.2) is 48.5 Å². The van der Waals surface area contributed by atoms with Crippen LogP contribution in [0.5, 0.6) is 0 Å². The molecule has 8 heteroatoms. The van der Waals surface area contributed by atoms with Crippen molar-refractivity contribution in [2.75, 3.05) is 38.5 Å². The lowest BCUT2D eigenvalue weighted by molar-refractivity contribution is -0.384. The molecule has 0 spiro atoms. The molecular formula is C19H21ClN4O3. The number of nitrogens with zero attached hydrogens (tertiary/aromatic N) is 3. The Kier molecular flexibility index (Phi) is 6.05. The lowest BCUT2D eigenvalue weighted by Gasteiger charge is -2.39. The highest BCUT2D eigenvalue weighted by molar-refractivity contribution is 6.32. The molecule has 1 atom stereocenters. The Labute approximate surface area is 162 Å². The smallest absolute Gasteiger partial charge is 0.289 e. The monoisotopic (exact) mass is 388 g/mol. The van der Waals surface area contributed by atoms with Gasteiger partial charge < -0.3 is 10.2 Å². The minimum atomic E-state index is -0.566. The number of anilines is 1. The Balaban J connectivity index is 1.70. The van der Waals surface area contributed by atoms with E-state index in [1.807, 2.05) is 18.2 Å². The summed E-state index contributed by atoms with van der Waals surface area (Å²) in [5, 5.41) is 13.8. The Hall–Kier alpha value is -2.48. The molecule has 2 aromatic carbocycles. The predicted molar refractivity (Wildman–Crippen MR) is 105 cm³/mol. The third kappa shape index (κ3) is 4.82. The van der Waals surface area contributed by atoms with Gasteiger partial charge in [0.2, 0.25) is 5.91 Å². The second kappa shape index (κ2) is 8.47. The number of nitro benzene ring substituents is 1. The molecule has 1 fully saturated rings. The predicted octanol–water partition coefficient (Wildman–Crippen LogP) is 3.18. The Morgan fingerprint density at radius 1 is 1.26 bits per heavy atom. The second-order valence-corrected chi connectivity index (χ2v) is 7.04. The first-order chi connectivity index (χ1) is 12.9. The molecular weight excluding hydrogens is 368 g/mol. The number of piperazine rings is 1. The van der Waals surface area contributed by atoms with Gasteiger partial charge in [0.05, 0.1) is 11.5 Å². The van der Waals surface area contributed by atoms with Crippen LogP contribution in [0.25, 0.3) is 0 Å². The van der Waals surface area contributed by atoms with Gasteiger partial charge in [-0.2, -0.15) is 0 Å². The molecule has 1 aliphatic rings. The van der Waals surface area contributed by atoms with Gasteiger partial charge in [-0.3, -0.25) is 19.8 Å². The molecule has 1 unspecified atom stereocenters. The summed E-state index contributed by atoms with van der Waals surface area (Å²) in [7, 11) is 2.07. The van der Waals surface area contributed by atoms with Gasteiger partial charge in [-0.1, -0.05) is 41.9 Å². The van der Waals surface area contributed by atoms with Crippen LogP contribution in [-0.2, 0) is 4.79 Å². The van der Waals surface area contributed by atoms with Crippen molar-refractivity contribution < 1.29 is 9.72 Å². The van der Waals surface area contributed by atoms with Crippen LogP contribution in [0, 0.1) is 10.1 Å². The molecule has 1 heterocycles. The number of nitrogens with one attached hydrogen (secondary N) is 1. The van der Waals surface area contributed by atoms with Crippen LogP contribution in [0.2, 0.25) is 5.02 Å². The molecule has 1 N–H and O–H groups in total. The van der Waals surface area contributed by atoms with Gasteiger partial charge in [-0.25, -0.2) is 0 Å². The molecule has 1 saturated heterocycles. The van der Waals surface area contributed by atoms with Gasteiger partial charge in [-0.15, -0.1) is 0 Å². The maximum absolute atomic E-state index is 12.5. The van der Waals surface area contributed by atoms with Gasteiger partial charge in [0, 0.05) is 37.4 Å². The van der Waals surface area contributed by atoms with Crippen molar-refractivity contribution in [2.45, 2.75) is 6.04 Å². The number of benzene rings is 2. The van der Waals surface area contributed by atoms with Crippen LogP contribution in [0.3, 0.4) is 0 Å². The van der Waals surface area contributed by atoms with E-state index < -0.39 is 4.92 Å². The Bertz CT molecular complexity index is 831. The van der Waals surface area contributed by atoms with E-state index in [-0.39, 0.29) is 29.2 Å². The Morgan fingerprint density at radius 3 is 2.70 bits per heavy atom. The number of hydrogen-bond acceptors (Lipinski definition) is 5.